The molecule has 0 unspecified atom stereocenters. The lowest BCUT2D eigenvalue weighted by Crippen LogP contribution is -2.35. The van der Waals surface area contributed by atoms with E-state index in [9.17, 15) is 22.7 Å². The van der Waals surface area contributed by atoms with E-state index in [0.717, 1.165) is 18.9 Å². The van der Waals surface area contributed by atoms with Gasteiger partial charge in [-0.2, -0.15) is 0 Å². The van der Waals surface area contributed by atoms with Gasteiger partial charge >= 0.3 is 5.97 Å². The van der Waals surface area contributed by atoms with Crippen LogP contribution in [0.15, 0.2) is 23.1 Å². The third kappa shape index (κ3) is 3.33. The van der Waals surface area contributed by atoms with Gasteiger partial charge in [-0.25, -0.2) is 17.9 Å². The van der Waals surface area contributed by atoms with Crippen molar-refractivity contribution in [3.8, 4) is 0 Å². The van der Waals surface area contributed by atoms with Gasteiger partial charge in [-0.05, 0) is 31.0 Å². The van der Waals surface area contributed by atoms with Crippen molar-refractivity contribution in [3.63, 3.8) is 0 Å². The number of carboxylic acids is 1. The molecule has 1 fully saturated rings. The van der Waals surface area contributed by atoms with Gasteiger partial charge in [0, 0.05) is 6.54 Å². The summed E-state index contributed by atoms with van der Waals surface area (Å²) in [7, 11) is -3.96. The number of nitrogens with two attached hydrogens (primary N) is 1. The molecule has 0 atom stereocenters. The number of primary sulfonamides is 1. The van der Waals surface area contributed by atoms with Crippen LogP contribution < -0.4 is 10.5 Å². The lowest BCUT2D eigenvalue weighted by atomic mass is 9.86. The molecule has 0 radical (unpaired) electrons. The molecule has 0 bridgehead atoms. The lowest BCUT2D eigenvalue weighted by Gasteiger charge is -2.24. The molecule has 8 heteroatoms. The van der Waals surface area contributed by atoms with Crippen LogP contribution in [-0.4, -0.2) is 26.0 Å². The molecule has 1 aromatic rings. The Bertz CT molecular complexity index is 654. The third-order valence-corrected chi connectivity index (χ3v) is 4.81. The minimum atomic E-state index is -3.96. The molecule has 0 amide bonds. The second-order valence-corrected chi connectivity index (χ2v) is 6.89. The summed E-state index contributed by atoms with van der Waals surface area (Å²) in [6, 6.07) is 3.25. The fourth-order valence-electron chi connectivity index (χ4n) is 2.60. The molecule has 0 saturated heterocycles. The van der Waals surface area contributed by atoms with Gasteiger partial charge in [-0.1, -0.05) is 12.8 Å². The molecule has 0 aromatic heterocycles. The maximum Gasteiger partial charge on any atom is 0.311 e. The van der Waals surface area contributed by atoms with Crippen LogP contribution in [0.1, 0.15) is 25.7 Å². The highest BCUT2D eigenvalue weighted by atomic mass is 32.2. The molecular formula is C13H17FN2O4S. The lowest BCUT2D eigenvalue weighted by molar-refractivity contribution is -0.147. The van der Waals surface area contributed by atoms with Crippen molar-refractivity contribution in [1.82, 2.24) is 0 Å². The minimum Gasteiger partial charge on any atom is -0.481 e. The first-order valence-electron chi connectivity index (χ1n) is 6.54. The predicted molar refractivity (Wildman–Crippen MR) is 74.8 cm³/mol. The Hall–Kier alpha value is -1.67. The second kappa shape index (κ2) is 5.61. The SMILES string of the molecule is NS(=O)(=O)c1ccc(NCC2(C(=O)O)CCCC2)c(F)c1. The summed E-state index contributed by atoms with van der Waals surface area (Å²) in [6.07, 6.45) is 2.76. The number of hydrogen-bond donors (Lipinski definition) is 3. The molecular weight excluding hydrogens is 299 g/mol. The molecule has 116 valence electrons. The Kier molecular flexibility index (Phi) is 4.20. The van der Waals surface area contributed by atoms with Crippen LogP contribution in [0, 0.1) is 11.2 Å². The number of halogens is 1. The van der Waals surface area contributed by atoms with Crippen molar-refractivity contribution in [1.29, 1.82) is 0 Å². The highest BCUT2D eigenvalue weighted by Crippen LogP contribution is 2.38. The van der Waals surface area contributed by atoms with Gasteiger partial charge in [0.15, 0.2) is 0 Å². The van der Waals surface area contributed by atoms with Crippen molar-refractivity contribution in [3.05, 3.63) is 24.0 Å². The van der Waals surface area contributed by atoms with Crippen LogP contribution in [0.4, 0.5) is 10.1 Å². The molecule has 0 spiro atoms. The van der Waals surface area contributed by atoms with Gasteiger partial charge in [0.1, 0.15) is 5.82 Å². The van der Waals surface area contributed by atoms with Crippen molar-refractivity contribution >= 4 is 21.7 Å². The maximum atomic E-state index is 13.9. The normalized spacial score (nSPS) is 17.6. The van der Waals surface area contributed by atoms with E-state index in [2.05, 4.69) is 5.32 Å². The molecule has 1 aliphatic rings. The van der Waals surface area contributed by atoms with Crippen LogP contribution in [0.3, 0.4) is 0 Å². The summed E-state index contributed by atoms with van der Waals surface area (Å²) >= 11 is 0. The summed E-state index contributed by atoms with van der Waals surface area (Å²) in [6.45, 7) is 0.105. The van der Waals surface area contributed by atoms with Crippen molar-refractivity contribution in [2.75, 3.05) is 11.9 Å². The zero-order valence-corrected chi connectivity index (χ0v) is 12.1. The topological polar surface area (TPSA) is 109 Å². The second-order valence-electron chi connectivity index (χ2n) is 5.33. The number of benzene rings is 1. The highest BCUT2D eigenvalue weighted by Gasteiger charge is 2.41. The van der Waals surface area contributed by atoms with Gasteiger partial charge in [0.05, 0.1) is 16.0 Å². The van der Waals surface area contributed by atoms with E-state index in [0.29, 0.717) is 12.8 Å². The summed E-state index contributed by atoms with van der Waals surface area (Å²) in [4.78, 5) is 11.1. The molecule has 0 aliphatic heterocycles. The molecule has 2 rings (SSSR count). The van der Waals surface area contributed by atoms with Gasteiger partial charge in [-0.15, -0.1) is 0 Å². The van der Waals surface area contributed by atoms with E-state index in [1.165, 1.54) is 12.1 Å². The minimum absolute atomic E-state index is 0.0647. The molecule has 1 saturated carbocycles. The number of hydrogen-bond acceptors (Lipinski definition) is 4. The highest BCUT2D eigenvalue weighted by molar-refractivity contribution is 7.89. The van der Waals surface area contributed by atoms with Gasteiger partial charge in [0.25, 0.3) is 0 Å². The predicted octanol–water partition coefficient (Wildman–Crippen LogP) is 1.53. The van der Waals surface area contributed by atoms with Crippen LogP contribution in [0.2, 0.25) is 0 Å². The maximum absolute atomic E-state index is 13.9. The standard InChI is InChI=1S/C13H17FN2O4S/c14-10-7-9(21(15,19)20)3-4-11(10)16-8-13(12(17)18)5-1-2-6-13/h3-4,7,16H,1-2,5-6,8H2,(H,17,18)(H2,15,19,20). The molecule has 21 heavy (non-hydrogen) atoms. The molecule has 4 N–H and O–H groups in total. The van der Waals surface area contributed by atoms with E-state index < -0.39 is 27.2 Å². The number of anilines is 1. The van der Waals surface area contributed by atoms with Crippen LogP contribution in [0.5, 0.6) is 0 Å². The zero-order valence-electron chi connectivity index (χ0n) is 11.3. The average Bonchev–Trinajstić information content (AvgIpc) is 2.86. The number of carboxylic acid groups (broad SMARTS) is 1. The Morgan fingerprint density at radius 3 is 2.48 bits per heavy atom. The summed E-state index contributed by atoms with van der Waals surface area (Å²) < 4.78 is 36.1. The van der Waals surface area contributed by atoms with E-state index in [1.807, 2.05) is 0 Å². The third-order valence-electron chi connectivity index (χ3n) is 3.90. The fourth-order valence-corrected chi connectivity index (χ4v) is 3.12. The zero-order chi connectivity index (χ0) is 15.7. The fraction of sp³-hybridized carbons (Fsp3) is 0.462. The smallest absolute Gasteiger partial charge is 0.311 e. The van der Waals surface area contributed by atoms with E-state index in [4.69, 9.17) is 5.14 Å². The van der Waals surface area contributed by atoms with E-state index in [-0.39, 0.29) is 17.1 Å². The number of aliphatic carboxylic acids is 1. The van der Waals surface area contributed by atoms with Crippen molar-refractivity contribution in [2.45, 2.75) is 30.6 Å². The van der Waals surface area contributed by atoms with Gasteiger partial charge in [0.2, 0.25) is 10.0 Å². The molecule has 1 aliphatic carbocycles. The Balaban J connectivity index is 2.15. The summed E-state index contributed by atoms with van der Waals surface area (Å²) in [5, 5.41) is 17.0. The van der Waals surface area contributed by atoms with Gasteiger partial charge < -0.3 is 10.4 Å². The summed E-state index contributed by atoms with van der Waals surface area (Å²) in [5.41, 5.74) is -0.819. The van der Waals surface area contributed by atoms with Crippen molar-refractivity contribution in [2.24, 2.45) is 10.6 Å². The van der Waals surface area contributed by atoms with Crippen LogP contribution in [-0.2, 0) is 14.8 Å². The summed E-state index contributed by atoms with van der Waals surface area (Å²) in [5.74, 6) is -1.67. The van der Waals surface area contributed by atoms with E-state index in [1.54, 1.807) is 0 Å². The Labute approximate surface area is 122 Å². The Morgan fingerprint density at radius 1 is 1.38 bits per heavy atom. The molecule has 1 aromatic carbocycles. The number of carbonyl (C=O) groups is 1. The first-order valence-corrected chi connectivity index (χ1v) is 8.09. The molecule has 6 nitrogen and oxygen atoms in total. The number of sulfonamides is 1. The van der Waals surface area contributed by atoms with Crippen molar-refractivity contribution < 1.29 is 22.7 Å². The molecule has 0 heterocycles. The first kappa shape index (κ1) is 15.7. The van der Waals surface area contributed by atoms with E-state index >= 15 is 0 Å². The van der Waals surface area contributed by atoms with Crippen LogP contribution in [0.25, 0.3) is 0 Å². The number of rotatable bonds is 5. The average molecular weight is 316 g/mol. The number of nitrogens with one attached hydrogen (secondary N) is 1. The quantitative estimate of drug-likeness (QED) is 0.763. The Morgan fingerprint density at radius 2 is 2.00 bits per heavy atom. The largest absolute Gasteiger partial charge is 0.481 e. The van der Waals surface area contributed by atoms with Gasteiger partial charge in [-0.3, -0.25) is 4.79 Å². The monoisotopic (exact) mass is 316 g/mol. The van der Waals surface area contributed by atoms with Crippen LogP contribution >= 0.6 is 0 Å². The first-order chi connectivity index (χ1) is 9.74.